The summed E-state index contributed by atoms with van der Waals surface area (Å²) in [5.41, 5.74) is 1.07. The number of fused-ring (bicyclic) bond motifs is 1. The zero-order valence-corrected chi connectivity index (χ0v) is 24.4. The highest BCUT2D eigenvalue weighted by Gasteiger charge is 2.47. The Morgan fingerprint density at radius 2 is 1.29 bits per heavy atom. The van der Waals surface area contributed by atoms with Gasteiger partial charge in [-0.05, 0) is 24.1 Å². The molecule has 11 atom stereocenters. The smallest absolute Gasteiger partial charge is 0.229 e. The lowest BCUT2D eigenvalue weighted by Gasteiger charge is -2.41. The van der Waals surface area contributed by atoms with Gasteiger partial charge in [0, 0.05) is 17.5 Å². The molecular formula is C29H38O16. The summed E-state index contributed by atoms with van der Waals surface area (Å²) < 4.78 is 40.3. The first-order valence-electron chi connectivity index (χ1n) is 14.2. The Labute approximate surface area is 257 Å². The van der Waals surface area contributed by atoms with Crippen molar-refractivity contribution in [3.05, 3.63) is 35.4 Å². The number of methoxy groups -OCH3 is 2. The number of rotatable bonds is 9. The van der Waals surface area contributed by atoms with Gasteiger partial charge in [-0.25, -0.2) is 0 Å². The molecule has 2 saturated heterocycles. The molecule has 3 aliphatic rings. The molecule has 0 unspecified atom stereocenters. The van der Waals surface area contributed by atoms with Crippen molar-refractivity contribution in [3.63, 3.8) is 0 Å². The lowest BCUT2D eigenvalue weighted by atomic mass is 9.89. The van der Waals surface area contributed by atoms with Gasteiger partial charge in [0.1, 0.15) is 60.3 Å². The summed E-state index contributed by atoms with van der Waals surface area (Å²) >= 11 is 0. The third-order valence-corrected chi connectivity index (χ3v) is 8.16. The summed E-state index contributed by atoms with van der Waals surface area (Å²) in [6.07, 6.45) is -15.6. The Hall–Kier alpha value is -3.16. The van der Waals surface area contributed by atoms with E-state index in [1.54, 1.807) is 6.07 Å². The first kappa shape index (κ1) is 33.2. The molecule has 2 aromatic rings. The molecule has 16 nitrogen and oxygen atoms in total. The SMILES string of the molecule is COc1c(O[C@@H]2O[C@H](CO)[C@@H](O)[C@H](O)[C@H]2O)cc([C@@H]2COc3cc(O)ccc3C2)c(O[C@H]2O[C@H](CO)[C@@H](O)[C@H](O)[C@H]2O)c1OC. The number of benzene rings is 2. The zero-order chi connectivity index (χ0) is 32.6. The van der Waals surface area contributed by atoms with Gasteiger partial charge in [-0.3, -0.25) is 0 Å². The number of ether oxygens (including phenoxy) is 7. The van der Waals surface area contributed by atoms with E-state index in [1.165, 1.54) is 32.4 Å². The molecule has 0 radical (unpaired) electrons. The molecule has 0 spiro atoms. The maximum atomic E-state index is 10.7. The predicted octanol–water partition coefficient (Wildman–Crippen LogP) is -2.51. The highest BCUT2D eigenvalue weighted by molar-refractivity contribution is 5.64. The molecule has 0 aliphatic carbocycles. The highest BCUT2D eigenvalue weighted by Crippen LogP contribution is 2.51. The maximum Gasteiger partial charge on any atom is 0.229 e. The Kier molecular flexibility index (Phi) is 10.1. The van der Waals surface area contributed by atoms with Gasteiger partial charge < -0.3 is 79.1 Å². The standard InChI is InChI=1S/C29H38O16/c1-39-26-16(42-28-23(37)21(35)19(33)17(8-30)43-28)7-14(12-5-11-3-4-13(32)6-15(11)41-10-12)25(27(26)40-2)45-29-24(38)22(36)20(34)18(9-31)44-29/h3-4,6-7,12,17-24,28-38H,5,8-10H2,1-2H3/t12-,17+,18+,19+,20+,21-,22-,23+,24+,28+,29+/m0/s1. The van der Waals surface area contributed by atoms with Crippen LogP contribution >= 0.6 is 0 Å². The number of hydrogen-bond acceptors (Lipinski definition) is 16. The van der Waals surface area contributed by atoms with Crippen LogP contribution in [0.5, 0.6) is 34.5 Å². The lowest BCUT2D eigenvalue weighted by molar-refractivity contribution is -0.278. The number of aliphatic hydroxyl groups is 8. The topological polar surface area (TPSA) is 247 Å². The molecule has 2 aromatic carbocycles. The molecule has 3 aliphatic heterocycles. The Morgan fingerprint density at radius 1 is 0.711 bits per heavy atom. The van der Waals surface area contributed by atoms with Crippen LogP contribution in [0.1, 0.15) is 17.0 Å². The normalized spacial score (nSPS) is 34.8. The molecule has 0 amide bonds. The summed E-state index contributed by atoms with van der Waals surface area (Å²) in [4.78, 5) is 0. The van der Waals surface area contributed by atoms with Crippen LogP contribution in [-0.4, -0.2) is 141 Å². The van der Waals surface area contributed by atoms with Crippen molar-refractivity contribution >= 4 is 0 Å². The highest BCUT2D eigenvalue weighted by atomic mass is 16.7. The first-order chi connectivity index (χ1) is 21.5. The van der Waals surface area contributed by atoms with Crippen LogP contribution in [0.15, 0.2) is 24.3 Å². The third-order valence-electron chi connectivity index (χ3n) is 8.16. The van der Waals surface area contributed by atoms with Crippen molar-refractivity contribution in [2.45, 2.75) is 73.8 Å². The van der Waals surface area contributed by atoms with Crippen molar-refractivity contribution in [3.8, 4) is 34.5 Å². The fraction of sp³-hybridized carbons (Fsp3) is 0.586. The van der Waals surface area contributed by atoms with Gasteiger partial charge in [-0.1, -0.05) is 6.07 Å². The van der Waals surface area contributed by atoms with E-state index < -0.39 is 80.5 Å². The van der Waals surface area contributed by atoms with Crippen LogP contribution < -0.4 is 23.7 Å². The Morgan fingerprint density at radius 3 is 1.84 bits per heavy atom. The molecule has 45 heavy (non-hydrogen) atoms. The van der Waals surface area contributed by atoms with E-state index in [-0.39, 0.29) is 35.4 Å². The molecule has 2 fully saturated rings. The monoisotopic (exact) mass is 642 g/mol. The van der Waals surface area contributed by atoms with Crippen molar-refractivity contribution in [1.82, 2.24) is 0 Å². The van der Waals surface area contributed by atoms with Gasteiger partial charge in [0.25, 0.3) is 0 Å². The van der Waals surface area contributed by atoms with Crippen LogP contribution in [0.3, 0.4) is 0 Å². The number of hydrogen-bond donors (Lipinski definition) is 9. The Balaban J connectivity index is 1.59. The second-order valence-electron chi connectivity index (χ2n) is 11.0. The quantitative estimate of drug-likeness (QED) is 0.137. The maximum absolute atomic E-state index is 10.7. The summed E-state index contributed by atoms with van der Waals surface area (Å²) in [5.74, 6) is -0.357. The fourth-order valence-electron chi connectivity index (χ4n) is 5.64. The van der Waals surface area contributed by atoms with Crippen molar-refractivity contribution in [2.24, 2.45) is 0 Å². The minimum absolute atomic E-state index is 0.0140. The lowest BCUT2D eigenvalue weighted by Crippen LogP contribution is -2.60. The molecule has 250 valence electrons. The summed E-state index contributed by atoms with van der Waals surface area (Å²) in [6.45, 7) is -1.32. The van der Waals surface area contributed by atoms with Gasteiger partial charge >= 0.3 is 0 Å². The van der Waals surface area contributed by atoms with Crippen LogP contribution in [0.25, 0.3) is 0 Å². The fourth-order valence-corrected chi connectivity index (χ4v) is 5.64. The minimum atomic E-state index is -1.76. The average molecular weight is 643 g/mol. The number of phenols is 1. The van der Waals surface area contributed by atoms with E-state index in [4.69, 9.17) is 33.2 Å². The van der Waals surface area contributed by atoms with Gasteiger partial charge in [0.15, 0.2) is 11.5 Å². The molecule has 9 N–H and O–H groups in total. The van der Waals surface area contributed by atoms with Crippen LogP contribution in [-0.2, 0) is 15.9 Å². The van der Waals surface area contributed by atoms with Gasteiger partial charge in [-0.2, -0.15) is 0 Å². The van der Waals surface area contributed by atoms with Crippen LogP contribution in [0, 0.1) is 0 Å². The molecule has 5 rings (SSSR count). The molecule has 0 saturated carbocycles. The van der Waals surface area contributed by atoms with Crippen molar-refractivity contribution in [1.29, 1.82) is 0 Å². The summed E-state index contributed by atoms with van der Waals surface area (Å²) in [6, 6.07) is 6.11. The first-order valence-corrected chi connectivity index (χ1v) is 14.2. The van der Waals surface area contributed by atoms with E-state index >= 15 is 0 Å². The molecule has 0 bridgehead atoms. The number of aliphatic hydroxyl groups excluding tert-OH is 8. The number of aromatic hydroxyl groups is 1. The van der Waals surface area contributed by atoms with E-state index in [0.29, 0.717) is 17.7 Å². The summed E-state index contributed by atoms with van der Waals surface area (Å²) in [7, 11) is 2.57. The summed E-state index contributed by atoms with van der Waals surface area (Å²) in [5, 5.41) is 91.7. The second kappa shape index (κ2) is 13.7. The molecule has 16 heteroatoms. The van der Waals surface area contributed by atoms with Crippen molar-refractivity contribution < 1.29 is 79.1 Å². The van der Waals surface area contributed by atoms with Gasteiger partial charge in [0.2, 0.25) is 24.1 Å². The van der Waals surface area contributed by atoms with Gasteiger partial charge in [0.05, 0.1) is 34.0 Å². The molecule has 3 heterocycles. The van der Waals surface area contributed by atoms with E-state index in [0.717, 1.165) is 5.56 Å². The van der Waals surface area contributed by atoms with Crippen LogP contribution in [0.4, 0.5) is 0 Å². The molecule has 0 aromatic heterocycles. The predicted molar refractivity (Wildman–Crippen MR) is 148 cm³/mol. The zero-order valence-electron chi connectivity index (χ0n) is 24.4. The average Bonchev–Trinajstić information content (AvgIpc) is 3.04. The number of phenolic OH excluding ortho intramolecular Hbond substituents is 1. The minimum Gasteiger partial charge on any atom is -0.508 e. The van der Waals surface area contributed by atoms with Gasteiger partial charge in [-0.15, -0.1) is 0 Å². The van der Waals surface area contributed by atoms with E-state index in [2.05, 4.69) is 0 Å². The molecular weight excluding hydrogens is 604 g/mol. The Bertz CT molecular complexity index is 1320. The largest absolute Gasteiger partial charge is 0.508 e. The van der Waals surface area contributed by atoms with E-state index in [1.807, 2.05) is 0 Å². The second-order valence-corrected chi connectivity index (χ2v) is 11.0. The third kappa shape index (κ3) is 6.31. The van der Waals surface area contributed by atoms with Crippen molar-refractivity contribution in [2.75, 3.05) is 34.0 Å². The van der Waals surface area contributed by atoms with Crippen LogP contribution in [0.2, 0.25) is 0 Å². The van der Waals surface area contributed by atoms with E-state index in [9.17, 15) is 46.0 Å².